The minimum Gasteiger partial charge on any atom is -0.491 e. The molecule has 10 nitrogen and oxygen atoms in total. The molecule has 1 saturated carbocycles. The Bertz CT molecular complexity index is 1850. The van der Waals surface area contributed by atoms with Crippen molar-refractivity contribution in [1.29, 1.82) is 0 Å². The maximum absolute atomic E-state index is 13.2. The Morgan fingerprint density at radius 1 is 0.588 bits per heavy atom. The molecule has 2 bridgehead atoms. The smallest absolute Gasteiger partial charge is 0.310 e. The zero-order chi connectivity index (χ0) is 35.7. The number of allylic oxidation sites excluding steroid dienone is 2. The molecule has 0 aromatic heterocycles. The molecular formula is C41H38O10. The SMILES string of the molecule is C#CCOc1ccc2ccc(OCC(O)COC(=O)C3C4C=CC(C4)C3C(=O)OCC(O)COc3ccc4ccc(OCC#C)cc4c3)cc2c1. The van der Waals surface area contributed by atoms with Crippen LogP contribution >= 0.6 is 0 Å². The quantitative estimate of drug-likeness (QED) is 0.0968. The number of terminal acetylenes is 2. The van der Waals surface area contributed by atoms with Gasteiger partial charge in [-0.1, -0.05) is 48.3 Å². The van der Waals surface area contributed by atoms with E-state index in [1.807, 2.05) is 72.8 Å². The first-order chi connectivity index (χ1) is 24.8. The number of esters is 2. The Morgan fingerprint density at radius 3 is 1.33 bits per heavy atom. The van der Waals surface area contributed by atoms with Crippen molar-refractivity contribution in [3.63, 3.8) is 0 Å². The maximum Gasteiger partial charge on any atom is 0.310 e. The summed E-state index contributed by atoms with van der Waals surface area (Å²) in [6.45, 7) is -0.524. The summed E-state index contributed by atoms with van der Waals surface area (Å²) >= 11 is 0. The van der Waals surface area contributed by atoms with E-state index in [1.165, 1.54) is 0 Å². The summed E-state index contributed by atoms with van der Waals surface area (Å²) < 4.78 is 33.4. The van der Waals surface area contributed by atoms with E-state index in [2.05, 4.69) is 11.8 Å². The van der Waals surface area contributed by atoms with Gasteiger partial charge in [0, 0.05) is 0 Å². The first-order valence-electron chi connectivity index (χ1n) is 16.6. The van der Waals surface area contributed by atoms with Gasteiger partial charge in [-0.25, -0.2) is 0 Å². The van der Waals surface area contributed by atoms with Crippen molar-refractivity contribution in [2.24, 2.45) is 23.7 Å². The minimum absolute atomic E-state index is 0.116. The van der Waals surface area contributed by atoms with Crippen LogP contribution in [0.4, 0.5) is 0 Å². The number of fused-ring (bicyclic) bond motifs is 4. The Kier molecular flexibility index (Phi) is 11.3. The summed E-state index contributed by atoms with van der Waals surface area (Å²) in [7, 11) is 0. The highest BCUT2D eigenvalue weighted by molar-refractivity contribution is 5.86. The van der Waals surface area contributed by atoms with E-state index in [0.29, 0.717) is 29.4 Å². The number of hydrogen-bond donors (Lipinski definition) is 2. The summed E-state index contributed by atoms with van der Waals surface area (Å²) in [5.41, 5.74) is 0. The van der Waals surface area contributed by atoms with Crippen LogP contribution < -0.4 is 18.9 Å². The van der Waals surface area contributed by atoms with Crippen molar-refractivity contribution >= 4 is 33.5 Å². The van der Waals surface area contributed by atoms with Crippen molar-refractivity contribution in [2.75, 3.05) is 39.6 Å². The van der Waals surface area contributed by atoms with Crippen LogP contribution in [0.25, 0.3) is 21.5 Å². The van der Waals surface area contributed by atoms with E-state index >= 15 is 0 Å². The second kappa shape index (κ2) is 16.4. The molecule has 0 radical (unpaired) electrons. The lowest BCUT2D eigenvalue weighted by Crippen LogP contribution is -2.38. The third-order valence-electron chi connectivity index (χ3n) is 8.94. The highest BCUT2D eigenvalue weighted by atomic mass is 16.6. The van der Waals surface area contributed by atoms with Crippen LogP contribution in [0.2, 0.25) is 0 Å². The molecular weight excluding hydrogens is 652 g/mol. The number of carbonyl (C=O) groups is 2. The van der Waals surface area contributed by atoms with E-state index in [4.69, 9.17) is 41.3 Å². The van der Waals surface area contributed by atoms with Gasteiger partial charge in [0.1, 0.15) is 74.8 Å². The van der Waals surface area contributed by atoms with Crippen molar-refractivity contribution in [3.8, 4) is 47.7 Å². The van der Waals surface area contributed by atoms with Crippen LogP contribution in [-0.4, -0.2) is 74.0 Å². The molecule has 0 aliphatic heterocycles. The van der Waals surface area contributed by atoms with Gasteiger partial charge in [-0.3, -0.25) is 9.59 Å². The molecule has 0 saturated heterocycles. The molecule has 2 aliphatic carbocycles. The number of aliphatic hydroxyl groups is 2. The van der Waals surface area contributed by atoms with Gasteiger partial charge >= 0.3 is 11.9 Å². The topological polar surface area (TPSA) is 130 Å². The van der Waals surface area contributed by atoms with E-state index < -0.39 is 36.0 Å². The first kappa shape index (κ1) is 35.2. The highest BCUT2D eigenvalue weighted by Gasteiger charge is 2.53. The number of carbonyl (C=O) groups excluding carboxylic acids is 2. The van der Waals surface area contributed by atoms with E-state index in [9.17, 15) is 19.8 Å². The summed E-state index contributed by atoms with van der Waals surface area (Å²) in [6, 6.07) is 22.1. The predicted molar refractivity (Wildman–Crippen MR) is 189 cm³/mol. The largest absolute Gasteiger partial charge is 0.491 e. The van der Waals surface area contributed by atoms with Crippen LogP contribution in [0.1, 0.15) is 6.42 Å². The number of rotatable bonds is 16. The van der Waals surface area contributed by atoms with Crippen molar-refractivity contribution in [3.05, 3.63) is 84.9 Å². The zero-order valence-electron chi connectivity index (χ0n) is 27.8. The second-order valence-corrected chi connectivity index (χ2v) is 12.5. The normalized spacial score (nSPS) is 19.8. The van der Waals surface area contributed by atoms with E-state index in [1.54, 1.807) is 12.1 Å². The van der Waals surface area contributed by atoms with Gasteiger partial charge in [-0.2, -0.15) is 0 Å². The van der Waals surface area contributed by atoms with Crippen molar-refractivity contribution in [1.82, 2.24) is 0 Å². The fourth-order valence-electron chi connectivity index (χ4n) is 6.51. The molecule has 262 valence electrons. The predicted octanol–water partition coefficient (Wildman–Crippen LogP) is 4.72. The van der Waals surface area contributed by atoms with Crippen LogP contribution in [-0.2, 0) is 19.1 Å². The monoisotopic (exact) mass is 690 g/mol. The van der Waals surface area contributed by atoms with Gasteiger partial charge in [0.25, 0.3) is 0 Å². The van der Waals surface area contributed by atoms with Crippen LogP contribution in [0.3, 0.4) is 0 Å². The summed E-state index contributed by atoms with van der Waals surface area (Å²) in [5, 5.41) is 24.8. The molecule has 0 spiro atoms. The summed E-state index contributed by atoms with van der Waals surface area (Å²) in [5.74, 6) is 4.11. The number of benzene rings is 4. The average Bonchev–Trinajstić information content (AvgIpc) is 3.78. The molecule has 0 heterocycles. The van der Waals surface area contributed by atoms with E-state index in [-0.39, 0.29) is 51.5 Å². The minimum atomic E-state index is -1.10. The standard InChI is InChI=1S/C41H38O10/c1-3-15-46-34-11-7-26-9-13-36(20-30(26)18-34)48-22-32(42)24-50-40(44)38-28-5-6-29(17-28)39(38)41(45)51-25-33(43)23-49-37-14-10-27-8-12-35(47-16-4-2)19-31(27)21-37/h1-2,5-14,18-21,28-29,32-33,38-39,42-43H,15-17,22-25H2. The molecule has 4 aromatic rings. The lowest BCUT2D eigenvalue weighted by Gasteiger charge is -2.26. The van der Waals surface area contributed by atoms with Crippen LogP contribution in [0.5, 0.6) is 23.0 Å². The van der Waals surface area contributed by atoms with Gasteiger partial charge in [0.2, 0.25) is 0 Å². The molecule has 6 rings (SSSR count). The molecule has 4 aromatic carbocycles. The second-order valence-electron chi connectivity index (χ2n) is 12.5. The first-order valence-corrected chi connectivity index (χ1v) is 16.6. The van der Waals surface area contributed by atoms with Gasteiger partial charge in [-0.15, -0.1) is 12.8 Å². The summed E-state index contributed by atoms with van der Waals surface area (Å²) in [6.07, 6.45) is 12.8. The van der Waals surface area contributed by atoms with Gasteiger partial charge in [0.15, 0.2) is 0 Å². The van der Waals surface area contributed by atoms with Gasteiger partial charge in [0.05, 0.1) is 11.8 Å². The Hall–Kier alpha value is -5.68. The molecule has 0 amide bonds. The third kappa shape index (κ3) is 8.74. The fourth-order valence-corrected chi connectivity index (χ4v) is 6.51. The number of aliphatic hydroxyl groups excluding tert-OH is 2. The molecule has 2 aliphatic rings. The zero-order valence-corrected chi connectivity index (χ0v) is 27.8. The molecule has 1 fully saturated rings. The molecule has 6 unspecified atom stereocenters. The fraction of sp³-hybridized carbons (Fsp3) is 0.317. The molecule has 51 heavy (non-hydrogen) atoms. The number of ether oxygens (including phenoxy) is 6. The molecule has 6 atom stereocenters. The molecule has 10 heteroatoms. The van der Waals surface area contributed by atoms with Crippen molar-refractivity contribution in [2.45, 2.75) is 18.6 Å². The lowest BCUT2D eigenvalue weighted by atomic mass is 9.83. The van der Waals surface area contributed by atoms with Gasteiger partial charge < -0.3 is 38.6 Å². The van der Waals surface area contributed by atoms with Crippen LogP contribution in [0, 0.1) is 48.4 Å². The Balaban J connectivity index is 0.962. The summed E-state index contributed by atoms with van der Waals surface area (Å²) in [4.78, 5) is 26.4. The maximum atomic E-state index is 13.2. The van der Waals surface area contributed by atoms with Gasteiger partial charge in [-0.05, 0) is 88.3 Å². The Labute approximate surface area is 295 Å². The highest BCUT2D eigenvalue weighted by Crippen LogP contribution is 2.49. The van der Waals surface area contributed by atoms with Crippen molar-refractivity contribution < 1.29 is 48.2 Å². The lowest BCUT2D eigenvalue weighted by molar-refractivity contribution is -0.164. The Morgan fingerprint density at radius 2 is 0.961 bits per heavy atom. The molecule has 2 N–H and O–H groups in total. The van der Waals surface area contributed by atoms with E-state index in [0.717, 1.165) is 21.5 Å². The third-order valence-corrected chi connectivity index (χ3v) is 8.94. The average molecular weight is 691 g/mol. The number of hydrogen-bond acceptors (Lipinski definition) is 10. The van der Waals surface area contributed by atoms with Crippen LogP contribution in [0.15, 0.2) is 84.9 Å².